The van der Waals surface area contributed by atoms with Gasteiger partial charge in [-0.05, 0) is 80.8 Å². The lowest BCUT2D eigenvalue weighted by Crippen LogP contribution is -2.26. The Morgan fingerprint density at radius 2 is 1.59 bits per heavy atom. The maximum atomic E-state index is 12.9. The molecule has 0 spiro atoms. The van der Waals surface area contributed by atoms with E-state index in [-0.39, 0.29) is 25.3 Å². The van der Waals surface area contributed by atoms with Crippen LogP contribution in [0.3, 0.4) is 0 Å². The molecule has 3 nitrogen and oxygen atoms in total. The highest BCUT2D eigenvalue weighted by atomic mass is 35.5. The number of benzene rings is 2. The number of rotatable bonds is 5. The molecular weight excluding hydrogens is 379 g/mol. The van der Waals surface area contributed by atoms with Gasteiger partial charge in [0.25, 0.3) is 0 Å². The van der Waals surface area contributed by atoms with Crippen LogP contribution in [-0.4, -0.2) is 16.7 Å². The Hall–Kier alpha value is -1.57. The van der Waals surface area contributed by atoms with Crippen molar-refractivity contribution in [2.24, 2.45) is 0 Å². The van der Waals surface area contributed by atoms with Crippen molar-refractivity contribution in [3.05, 3.63) is 52.5 Å². The number of hydrogen-bond acceptors (Lipinski definition) is 3. The van der Waals surface area contributed by atoms with Crippen molar-refractivity contribution in [1.29, 1.82) is 0 Å². The summed E-state index contributed by atoms with van der Waals surface area (Å²) in [6, 6.07) is 11.2. The van der Waals surface area contributed by atoms with Crippen LogP contribution in [0.2, 0.25) is 5.02 Å². The van der Waals surface area contributed by atoms with Gasteiger partial charge in [0.1, 0.15) is 22.7 Å². The molecule has 0 aliphatic rings. The third-order valence-electron chi connectivity index (χ3n) is 3.49. The van der Waals surface area contributed by atoms with E-state index < -0.39 is 0 Å². The lowest BCUT2D eigenvalue weighted by atomic mass is 10.1. The molecule has 0 radical (unpaired) electrons. The van der Waals surface area contributed by atoms with Crippen LogP contribution in [-0.2, 0) is 0 Å². The molecule has 27 heavy (non-hydrogen) atoms. The van der Waals surface area contributed by atoms with Gasteiger partial charge in [-0.3, -0.25) is 4.79 Å². The molecule has 0 N–H and O–H groups in total. The van der Waals surface area contributed by atoms with Crippen LogP contribution in [0.5, 0.6) is 11.5 Å². The van der Waals surface area contributed by atoms with Crippen LogP contribution < -0.4 is 14.8 Å². The van der Waals surface area contributed by atoms with Gasteiger partial charge in [0.15, 0.2) is 5.52 Å². The molecule has 146 valence electrons. The molecule has 2 rings (SSSR count). The molecule has 0 heterocycles. The number of aryl methyl sites for hydroxylation is 1. The summed E-state index contributed by atoms with van der Waals surface area (Å²) in [6.07, 6.45) is 0. The zero-order valence-corrected chi connectivity index (χ0v) is 18.8. The molecule has 0 aromatic heterocycles. The lowest BCUT2D eigenvalue weighted by molar-refractivity contribution is 0.108. The fraction of sp³-hybridized carbons (Fsp3) is 0.409. The van der Waals surface area contributed by atoms with E-state index in [9.17, 15) is 4.79 Å². The Bertz CT molecular complexity index is 812. The first kappa shape index (κ1) is 21.7. The lowest BCUT2D eigenvalue weighted by Gasteiger charge is -2.26. The Kier molecular flexibility index (Phi) is 6.60. The smallest absolute Gasteiger partial charge is 0.187 e. The van der Waals surface area contributed by atoms with E-state index in [2.05, 4.69) is 0 Å². The second-order valence-electron chi connectivity index (χ2n) is 8.47. The van der Waals surface area contributed by atoms with E-state index in [4.69, 9.17) is 21.1 Å². The average Bonchev–Trinajstić information content (AvgIpc) is 2.46. The fourth-order valence-electron chi connectivity index (χ4n) is 2.54. The van der Waals surface area contributed by atoms with Crippen molar-refractivity contribution in [3.8, 4) is 11.5 Å². The SMILES string of the molecule is Cc1cccc(Cl)c1C(=O)Pc1ccc(OC(C)(C)C)cc1OC(C)(C)C. The zero-order chi connectivity index (χ0) is 20.4. The zero-order valence-electron chi connectivity index (χ0n) is 17.1. The van der Waals surface area contributed by atoms with Crippen molar-refractivity contribution in [3.63, 3.8) is 0 Å². The number of ether oxygens (including phenoxy) is 2. The van der Waals surface area contributed by atoms with Crippen molar-refractivity contribution in [2.75, 3.05) is 0 Å². The first-order chi connectivity index (χ1) is 12.4. The van der Waals surface area contributed by atoms with E-state index >= 15 is 0 Å². The summed E-state index contributed by atoms with van der Waals surface area (Å²) >= 11 is 6.27. The van der Waals surface area contributed by atoms with E-state index in [1.54, 1.807) is 6.07 Å². The molecular formula is C22H28ClO3P. The Morgan fingerprint density at radius 3 is 2.15 bits per heavy atom. The predicted molar refractivity (Wildman–Crippen MR) is 116 cm³/mol. The highest BCUT2D eigenvalue weighted by molar-refractivity contribution is 7.66. The molecule has 2 aromatic rings. The van der Waals surface area contributed by atoms with Gasteiger partial charge in [0.2, 0.25) is 0 Å². The summed E-state index contributed by atoms with van der Waals surface area (Å²) in [5.74, 6) is 1.39. The first-order valence-corrected chi connectivity index (χ1v) is 10.3. The maximum absolute atomic E-state index is 12.9. The molecule has 0 aliphatic carbocycles. The minimum Gasteiger partial charge on any atom is -0.488 e. The summed E-state index contributed by atoms with van der Waals surface area (Å²) < 4.78 is 12.1. The van der Waals surface area contributed by atoms with E-state index in [1.165, 1.54) is 0 Å². The fourth-order valence-corrected chi connectivity index (χ4v) is 4.04. The van der Waals surface area contributed by atoms with Crippen molar-refractivity contribution < 1.29 is 14.3 Å². The summed E-state index contributed by atoms with van der Waals surface area (Å²) in [5.41, 5.74) is 0.762. The number of carbonyl (C=O) groups excluding carboxylic acids is 1. The summed E-state index contributed by atoms with van der Waals surface area (Å²) in [6.45, 7) is 13.8. The van der Waals surface area contributed by atoms with Gasteiger partial charge in [0.05, 0.1) is 5.02 Å². The van der Waals surface area contributed by atoms with Crippen molar-refractivity contribution in [2.45, 2.75) is 59.7 Å². The Balaban J connectivity index is 2.38. The number of carbonyl (C=O) groups is 1. The van der Waals surface area contributed by atoms with Crippen LogP contribution in [0, 0.1) is 6.92 Å². The second kappa shape index (κ2) is 8.20. The van der Waals surface area contributed by atoms with E-state index in [0.717, 1.165) is 16.6 Å². The van der Waals surface area contributed by atoms with Crippen LogP contribution in [0.4, 0.5) is 0 Å². The van der Waals surface area contributed by atoms with Gasteiger partial charge in [-0.2, -0.15) is 0 Å². The summed E-state index contributed by atoms with van der Waals surface area (Å²) in [7, 11) is -0.0863. The minimum absolute atomic E-state index is 0.00125. The molecule has 0 amide bonds. The van der Waals surface area contributed by atoms with Gasteiger partial charge in [-0.25, -0.2) is 0 Å². The van der Waals surface area contributed by atoms with Gasteiger partial charge >= 0.3 is 0 Å². The first-order valence-electron chi connectivity index (χ1n) is 8.94. The molecule has 5 heteroatoms. The minimum atomic E-state index is -0.386. The highest BCUT2D eigenvalue weighted by Crippen LogP contribution is 2.33. The molecule has 0 aliphatic heterocycles. The molecule has 0 saturated carbocycles. The highest BCUT2D eigenvalue weighted by Gasteiger charge is 2.21. The predicted octanol–water partition coefficient (Wildman–Crippen LogP) is 6.15. The molecule has 2 aromatic carbocycles. The summed E-state index contributed by atoms with van der Waals surface area (Å²) in [4.78, 5) is 12.9. The van der Waals surface area contributed by atoms with Crippen LogP contribution in [0.25, 0.3) is 0 Å². The van der Waals surface area contributed by atoms with Gasteiger partial charge in [-0.1, -0.05) is 23.7 Å². The van der Waals surface area contributed by atoms with Gasteiger partial charge in [0, 0.05) is 16.9 Å². The number of halogens is 1. The van der Waals surface area contributed by atoms with Crippen molar-refractivity contribution >= 4 is 31.0 Å². The third-order valence-corrected chi connectivity index (χ3v) is 4.96. The molecule has 1 atom stereocenters. The van der Waals surface area contributed by atoms with Crippen LogP contribution in [0.15, 0.2) is 36.4 Å². The van der Waals surface area contributed by atoms with Crippen molar-refractivity contribution in [1.82, 2.24) is 0 Å². The largest absolute Gasteiger partial charge is 0.488 e. The molecule has 0 bridgehead atoms. The Labute approximate surface area is 169 Å². The monoisotopic (exact) mass is 406 g/mol. The van der Waals surface area contributed by atoms with Gasteiger partial charge in [-0.15, -0.1) is 0 Å². The second-order valence-corrected chi connectivity index (χ2v) is 10.1. The normalized spacial score (nSPS) is 12.4. The quantitative estimate of drug-likeness (QED) is 0.559. The standard InChI is InChI=1S/C22H28ClO3P/c1-14-9-8-10-16(23)19(14)20(24)27-18-12-11-15(25-21(2,3)4)13-17(18)26-22(5,6)7/h8-13,27H,1-7H3. The molecule has 0 saturated heterocycles. The summed E-state index contributed by atoms with van der Waals surface area (Å²) in [5, 5.41) is 1.33. The number of hydrogen-bond donors (Lipinski definition) is 0. The van der Waals surface area contributed by atoms with Crippen LogP contribution in [0.1, 0.15) is 57.5 Å². The van der Waals surface area contributed by atoms with E-state index in [1.807, 2.05) is 78.8 Å². The van der Waals surface area contributed by atoms with E-state index in [0.29, 0.717) is 16.3 Å². The maximum Gasteiger partial charge on any atom is 0.187 e. The average molecular weight is 407 g/mol. The Morgan fingerprint density at radius 1 is 0.963 bits per heavy atom. The topological polar surface area (TPSA) is 35.5 Å². The molecule has 0 fully saturated rings. The van der Waals surface area contributed by atoms with Crippen LogP contribution >= 0.6 is 20.2 Å². The molecule has 1 unspecified atom stereocenters. The van der Waals surface area contributed by atoms with Gasteiger partial charge < -0.3 is 9.47 Å². The third kappa shape index (κ3) is 6.52.